The fraction of sp³-hybridized carbons (Fsp3) is 0.176. The van der Waals surface area contributed by atoms with Crippen molar-refractivity contribution < 1.29 is 37.0 Å². The average molecular weight is 404 g/mol. The molecule has 1 aliphatic heterocycles. The second-order valence-corrected chi connectivity index (χ2v) is 6.09. The van der Waals surface area contributed by atoms with Crippen LogP contribution in [0.3, 0.4) is 0 Å². The van der Waals surface area contributed by atoms with Crippen molar-refractivity contribution in [3.63, 3.8) is 0 Å². The van der Waals surface area contributed by atoms with Gasteiger partial charge in [-0.1, -0.05) is 17.7 Å². The summed E-state index contributed by atoms with van der Waals surface area (Å²) in [4.78, 5) is 24.1. The monoisotopic (exact) mass is 403 g/mol. The predicted molar refractivity (Wildman–Crippen MR) is 86.8 cm³/mol. The third kappa shape index (κ3) is 2.78. The molecule has 1 atom stereocenters. The van der Waals surface area contributed by atoms with Gasteiger partial charge >= 0.3 is 12.3 Å². The molecule has 2 aromatic carbocycles. The molecule has 0 radical (unpaired) electrons. The Labute approximate surface area is 154 Å². The smallest absolute Gasteiger partial charge is 0.418 e. The summed E-state index contributed by atoms with van der Waals surface area (Å²) in [6.07, 6.45) is -6.72. The van der Waals surface area contributed by atoms with E-state index in [1.54, 1.807) is 0 Å². The lowest BCUT2D eigenvalue weighted by Crippen LogP contribution is -2.41. The van der Waals surface area contributed by atoms with Crippen molar-refractivity contribution in [3.8, 4) is 5.75 Å². The number of imide groups is 1. The van der Waals surface area contributed by atoms with Crippen LogP contribution >= 0.6 is 11.6 Å². The van der Waals surface area contributed by atoms with E-state index in [2.05, 4.69) is 0 Å². The number of carbonyl (C=O) groups is 2. The number of halogens is 5. The van der Waals surface area contributed by atoms with E-state index >= 15 is 4.39 Å². The minimum Gasteiger partial charge on any atom is -0.496 e. The van der Waals surface area contributed by atoms with Crippen LogP contribution in [-0.4, -0.2) is 24.2 Å². The van der Waals surface area contributed by atoms with Gasteiger partial charge in [-0.3, -0.25) is 4.79 Å². The Hall–Kier alpha value is -2.81. The van der Waals surface area contributed by atoms with E-state index in [0.29, 0.717) is 12.1 Å². The molecular weight excluding hydrogens is 394 g/mol. The van der Waals surface area contributed by atoms with Crippen LogP contribution in [0, 0.1) is 0 Å². The summed E-state index contributed by atoms with van der Waals surface area (Å²) in [6, 6.07) is 5.40. The zero-order valence-corrected chi connectivity index (χ0v) is 14.2. The van der Waals surface area contributed by atoms with E-state index in [-0.39, 0.29) is 15.7 Å². The molecule has 1 N–H and O–H groups in total. The van der Waals surface area contributed by atoms with Gasteiger partial charge in [0.1, 0.15) is 5.75 Å². The number of methoxy groups -OCH3 is 1. The van der Waals surface area contributed by atoms with Crippen molar-refractivity contribution >= 4 is 29.3 Å². The quantitative estimate of drug-likeness (QED) is 0.744. The topological polar surface area (TPSA) is 66.8 Å². The van der Waals surface area contributed by atoms with Crippen molar-refractivity contribution in [1.29, 1.82) is 0 Å². The second kappa shape index (κ2) is 6.12. The molecule has 0 bridgehead atoms. The van der Waals surface area contributed by atoms with Crippen LogP contribution in [0.25, 0.3) is 0 Å². The summed E-state index contributed by atoms with van der Waals surface area (Å²) >= 11 is 5.86. The van der Waals surface area contributed by atoms with Gasteiger partial charge in [0, 0.05) is 16.1 Å². The lowest BCUT2D eigenvalue weighted by Gasteiger charge is -2.22. The second-order valence-electron chi connectivity index (χ2n) is 5.66. The van der Waals surface area contributed by atoms with Gasteiger partial charge in [-0.2, -0.15) is 13.2 Å². The van der Waals surface area contributed by atoms with Crippen LogP contribution in [0.5, 0.6) is 5.75 Å². The zero-order valence-electron chi connectivity index (χ0n) is 13.5. The maximum absolute atomic E-state index is 16.0. The Balaban J connectivity index is 2.33. The molecule has 1 heterocycles. The highest BCUT2D eigenvalue weighted by Gasteiger charge is 2.57. The molecule has 2 aromatic rings. The van der Waals surface area contributed by atoms with Gasteiger partial charge in [-0.15, -0.1) is 0 Å². The van der Waals surface area contributed by atoms with Crippen LogP contribution in [0.2, 0.25) is 5.02 Å². The summed E-state index contributed by atoms with van der Waals surface area (Å²) in [6.45, 7) is 0. The summed E-state index contributed by atoms with van der Waals surface area (Å²) in [5.41, 5.74) is -5.99. The first-order valence-corrected chi connectivity index (χ1v) is 7.71. The SMILES string of the molecule is COc1ccc(Cl)cc1[C@]1(F)C(=O)N(C(=O)O)c2cc(C(F)(F)F)ccc21. The third-order valence-corrected chi connectivity index (χ3v) is 4.39. The van der Waals surface area contributed by atoms with Crippen LogP contribution < -0.4 is 9.64 Å². The number of ether oxygens (including phenoxy) is 1. The molecule has 0 unspecified atom stereocenters. The Morgan fingerprint density at radius 1 is 1.19 bits per heavy atom. The average Bonchev–Trinajstić information content (AvgIpc) is 2.82. The summed E-state index contributed by atoms with van der Waals surface area (Å²) in [7, 11) is 1.19. The summed E-state index contributed by atoms with van der Waals surface area (Å²) in [5, 5.41) is 9.31. The Morgan fingerprint density at radius 2 is 1.85 bits per heavy atom. The van der Waals surface area contributed by atoms with Gasteiger partial charge < -0.3 is 9.84 Å². The highest BCUT2D eigenvalue weighted by molar-refractivity contribution is 6.31. The summed E-state index contributed by atoms with van der Waals surface area (Å²) < 4.78 is 60.0. The number of nitrogens with zero attached hydrogens (tertiary/aromatic N) is 1. The van der Waals surface area contributed by atoms with E-state index < -0.39 is 46.2 Å². The maximum Gasteiger partial charge on any atom is 0.418 e. The van der Waals surface area contributed by atoms with Crippen molar-refractivity contribution in [2.24, 2.45) is 0 Å². The summed E-state index contributed by atoms with van der Waals surface area (Å²) in [5.74, 6) is -1.70. The van der Waals surface area contributed by atoms with Crippen LogP contribution in [0.4, 0.5) is 28.0 Å². The fourth-order valence-electron chi connectivity index (χ4n) is 2.96. The minimum atomic E-state index is -4.81. The largest absolute Gasteiger partial charge is 0.496 e. The molecule has 10 heteroatoms. The first kappa shape index (κ1) is 19.0. The van der Waals surface area contributed by atoms with Crippen LogP contribution in [0.15, 0.2) is 36.4 Å². The molecule has 0 fully saturated rings. The number of benzene rings is 2. The first-order valence-electron chi connectivity index (χ1n) is 7.34. The standard InChI is InChI=1S/C17H10ClF4NO4/c1-27-13-5-3-9(18)7-11(13)16(19)10-4-2-8(17(20,21)22)6-12(10)23(14(16)24)15(25)26/h2-7H,1H3,(H,25,26)/t16-/m0/s1. The number of hydrogen-bond donors (Lipinski definition) is 1. The predicted octanol–water partition coefficient (Wildman–Crippen LogP) is 4.61. The maximum atomic E-state index is 16.0. The van der Waals surface area contributed by atoms with E-state index in [1.165, 1.54) is 19.2 Å². The normalized spacial score (nSPS) is 19.2. The molecule has 0 saturated carbocycles. The number of hydrogen-bond acceptors (Lipinski definition) is 3. The van der Waals surface area contributed by atoms with Gasteiger partial charge in [0.2, 0.25) is 5.67 Å². The Morgan fingerprint density at radius 3 is 2.41 bits per heavy atom. The van der Waals surface area contributed by atoms with E-state index in [0.717, 1.165) is 12.1 Å². The highest BCUT2D eigenvalue weighted by Crippen LogP contribution is 2.51. The molecule has 0 aliphatic carbocycles. The van der Waals surface area contributed by atoms with Crippen molar-refractivity contribution in [2.75, 3.05) is 12.0 Å². The molecule has 5 nitrogen and oxygen atoms in total. The molecule has 27 heavy (non-hydrogen) atoms. The van der Waals surface area contributed by atoms with Crippen LogP contribution in [-0.2, 0) is 16.6 Å². The Bertz CT molecular complexity index is 962. The number of rotatable bonds is 2. The Kier molecular flexibility index (Phi) is 4.30. The van der Waals surface area contributed by atoms with Crippen LogP contribution in [0.1, 0.15) is 16.7 Å². The number of anilines is 1. The number of carboxylic acid groups (broad SMARTS) is 1. The van der Waals surface area contributed by atoms with Crippen molar-refractivity contribution in [1.82, 2.24) is 0 Å². The third-order valence-electron chi connectivity index (χ3n) is 4.16. The molecule has 0 spiro atoms. The molecular formula is C17H10ClF4NO4. The molecule has 3 rings (SSSR count). The molecule has 1 aliphatic rings. The van der Waals surface area contributed by atoms with E-state index in [9.17, 15) is 27.9 Å². The first-order chi connectivity index (χ1) is 12.5. The number of carbonyl (C=O) groups excluding carboxylic acids is 1. The number of alkyl halides is 4. The van der Waals surface area contributed by atoms with Gasteiger partial charge in [-0.25, -0.2) is 14.1 Å². The highest BCUT2D eigenvalue weighted by atomic mass is 35.5. The van der Waals surface area contributed by atoms with Crippen molar-refractivity contribution in [2.45, 2.75) is 11.8 Å². The lowest BCUT2D eigenvalue weighted by molar-refractivity contribution is -0.137. The number of fused-ring (bicyclic) bond motifs is 1. The zero-order chi connectivity index (χ0) is 20.1. The van der Waals surface area contributed by atoms with Gasteiger partial charge in [-0.05, 0) is 30.3 Å². The molecule has 142 valence electrons. The van der Waals surface area contributed by atoms with E-state index in [4.69, 9.17) is 16.3 Å². The van der Waals surface area contributed by atoms with Gasteiger partial charge in [0.25, 0.3) is 5.91 Å². The van der Waals surface area contributed by atoms with E-state index in [1.807, 2.05) is 0 Å². The van der Waals surface area contributed by atoms with Crippen molar-refractivity contribution in [3.05, 3.63) is 58.1 Å². The molecule has 0 aromatic heterocycles. The minimum absolute atomic E-state index is 0.0258. The number of amides is 2. The molecule has 2 amide bonds. The lowest BCUT2D eigenvalue weighted by atomic mass is 9.88. The van der Waals surface area contributed by atoms with Gasteiger partial charge in [0.15, 0.2) is 0 Å². The fourth-order valence-corrected chi connectivity index (χ4v) is 3.13. The molecule has 0 saturated heterocycles. The van der Waals surface area contributed by atoms with Gasteiger partial charge in [0.05, 0.1) is 18.4 Å².